The minimum Gasteiger partial charge on any atom is -0.473 e. The standard InChI is InChI=1S/C16H18N2O4S/c19-9-13-3-2-12(21-13)8-18-16(20)11-1-4-15(17-7-11)22-14-5-6-23-10-14/h1-4,7,14,19H,5-6,8-10H2,(H,18,20)/t14-/m0/s1. The first-order valence-electron chi connectivity index (χ1n) is 7.41. The van der Waals surface area contributed by atoms with Gasteiger partial charge in [0.1, 0.15) is 24.2 Å². The van der Waals surface area contributed by atoms with Gasteiger partial charge in [-0.2, -0.15) is 11.8 Å². The quantitative estimate of drug-likeness (QED) is 0.840. The van der Waals surface area contributed by atoms with E-state index in [1.165, 1.54) is 6.20 Å². The van der Waals surface area contributed by atoms with E-state index in [1.807, 2.05) is 11.8 Å². The SMILES string of the molecule is O=C(NCc1ccc(CO)o1)c1ccc(O[C@H]2CCSC2)nc1. The zero-order chi connectivity index (χ0) is 16.1. The van der Waals surface area contributed by atoms with Gasteiger partial charge in [-0.05, 0) is 30.4 Å². The number of aliphatic hydroxyl groups is 1. The minimum absolute atomic E-state index is 0.154. The van der Waals surface area contributed by atoms with Crippen molar-refractivity contribution in [1.29, 1.82) is 0 Å². The van der Waals surface area contributed by atoms with Crippen LogP contribution in [0.5, 0.6) is 5.88 Å². The van der Waals surface area contributed by atoms with Crippen molar-refractivity contribution in [2.24, 2.45) is 0 Å². The van der Waals surface area contributed by atoms with Crippen LogP contribution >= 0.6 is 11.8 Å². The average Bonchev–Trinajstić information content (AvgIpc) is 3.24. The van der Waals surface area contributed by atoms with Gasteiger partial charge in [0.25, 0.3) is 5.91 Å². The number of rotatable bonds is 6. The van der Waals surface area contributed by atoms with E-state index in [-0.39, 0.29) is 25.2 Å². The maximum absolute atomic E-state index is 12.1. The Hall–Kier alpha value is -1.99. The lowest BCUT2D eigenvalue weighted by Gasteiger charge is -2.11. The molecule has 0 spiro atoms. The molecular formula is C16H18N2O4S. The number of thioether (sulfide) groups is 1. The lowest BCUT2D eigenvalue weighted by molar-refractivity contribution is 0.0947. The largest absolute Gasteiger partial charge is 0.473 e. The van der Waals surface area contributed by atoms with Crippen LogP contribution in [0.2, 0.25) is 0 Å². The first-order valence-corrected chi connectivity index (χ1v) is 8.57. The molecular weight excluding hydrogens is 316 g/mol. The molecule has 1 aliphatic heterocycles. The summed E-state index contributed by atoms with van der Waals surface area (Å²) in [6, 6.07) is 6.81. The molecule has 23 heavy (non-hydrogen) atoms. The Kier molecular flexibility index (Phi) is 5.19. The zero-order valence-electron chi connectivity index (χ0n) is 12.5. The maximum Gasteiger partial charge on any atom is 0.253 e. The minimum atomic E-state index is -0.234. The van der Waals surface area contributed by atoms with Gasteiger partial charge in [0.05, 0.1) is 12.1 Å². The van der Waals surface area contributed by atoms with Crippen molar-refractivity contribution in [3.8, 4) is 5.88 Å². The number of pyridine rings is 1. The van der Waals surface area contributed by atoms with Gasteiger partial charge >= 0.3 is 0 Å². The van der Waals surface area contributed by atoms with Gasteiger partial charge in [-0.3, -0.25) is 4.79 Å². The van der Waals surface area contributed by atoms with Gasteiger partial charge in [-0.15, -0.1) is 0 Å². The molecule has 3 rings (SSSR count). The van der Waals surface area contributed by atoms with Gasteiger partial charge in [0, 0.05) is 18.0 Å². The number of carbonyl (C=O) groups excluding carboxylic acids is 1. The molecule has 122 valence electrons. The molecule has 7 heteroatoms. The third kappa shape index (κ3) is 4.27. The normalized spacial score (nSPS) is 17.2. The number of furan rings is 1. The smallest absolute Gasteiger partial charge is 0.253 e. The van der Waals surface area contributed by atoms with Crippen LogP contribution in [0.25, 0.3) is 0 Å². The van der Waals surface area contributed by atoms with Crippen molar-refractivity contribution in [2.45, 2.75) is 25.7 Å². The van der Waals surface area contributed by atoms with Crippen molar-refractivity contribution < 1.29 is 19.1 Å². The average molecular weight is 334 g/mol. The second kappa shape index (κ2) is 7.52. The van der Waals surface area contributed by atoms with Crippen molar-refractivity contribution >= 4 is 17.7 Å². The van der Waals surface area contributed by atoms with Gasteiger partial charge in [0.2, 0.25) is 5.88 Å². The molecule has 2 aromatic heterocycles. The summed E-state index contributed by atoms with van der Waals surface area (Å²) < 4.78 is 11.1. The fraction of sp³-hybridized carbons (Fsp3) is 0.375. The predicted octanol–water partition coefficient (Wildman–Crippen LogP) is 1.98. The summed E-state index contributed by atoms with van der Waals surface area (Å²) in [6.07, 6.45) is 2.76. The van der Waals surface area contributed by atoms with Crippen LogP contribution in [0.15, 0.2) is 34.9 Å². The second-order valence-electron chi connectivity index (χ2n) is 5.20. The Balaban J connectivity index is 1.52. The summed E-state index contributed by atoms with van der Waals surface area (Å²) in [5.41, 5.74) is 0.465. The van der Waals surface area contributed by atoms with Crippen LogP contribution in [0.4, 0.5) is 0 Å². The van der Waals surface area contributed by atoms with Crippen LogP contribution in [-0.4, -0.2) is 33.6 Å². The molecule has 2 N–H and O–H groups in total. The molecule has 0 aromatic carbocycles. The third-order valence-electron chi connectivity index (χ3n) is 3.47. The van der Waals surface area contributed by atoms with E-state index >= 15 is 0 Å². The highest BCUT2D eigenvalue weighted by Crippen LogP contribution is 2.22. The van der Waals surface area contributed by atoms with Crippen LogP contribution < -0.4 is 10.1 Å². The van der Waals surface area contributed by atoms with E-state index in [0.29, 0.717) is 23.0 Å². The molecule has 1 amide bonds. The summed E-state index contributed by atoms with van der Waals surface area (Å²) in [7, 11) is 0. The van der Waals surface area contributed by atoms with Crippen molar-refractivity contribution in [1.82, 2.24) is 10.3 Å². The number of carbonyl (C=O) groups is 1. The highest BCUT2D eigenvalue weighted by Gasteiger charge is 2.17. The molecule has 1 saturated heterocycles. The Bertz CT molecular complexity index is 650. The van der Waals surface area contributed by atoms with Gasteiger partial charge < -0.3 is 19.6 Å². The molecule has 0 bridgehead atoms. The number of amides is 1. The molecule has 2 aromatic rings. The van der Waals surface area contributed by atoms with Crippen LogP contribution in [0.1, 0.15) is 28.3 Å². The Morgan fingerprint density at radius 3 is 2.91 bits per heavy atom. The highest BCUT2D eigenvalue weighted by atomic mass is 32.2. The Labute approximate surface area is 138 Å². The highest BCUT2D eigenvalue weighted by molar-refractivity contribution is 7.99. The Morgan fingerprint density at radius 2 is 2.26 bits per heavy atom. The monoisotopic (exact) mass is 334 g/mol. The molecule has 6 nitrogen and oxygen atoms in total. The number of ether oxygens (including phenoxy) is 1. The number of nitrogens with one attached hydrogen (secondary N) is 1. The molecule has 0 aliphatic carbocycles. The topological polar surface area (TPSA) is 84.6 Å². The number of aromatic nitrogens is 1. The lowest BCUT2D eigenvalue weighted by atomic mass is 10.2. The van der Waals surface area contributed by atoms with E-state index in [9.17, 15) is 4.79 Å². The van der Waals surface area contributed by atoms with Crippen LogP contribution in [-0.2, 0) is 13.2 Å². The maximum atomic E-state index is 12.1. The zero-order valence-corrected chi connectivity index (χ0v) is 13.3. The number of nitrogens with zero attached hydrogens (tertiary/aromatic N) is 1. The summed E-state index contributed by atoms with van der Waals surface area (Å²) in [5, 5.41) is 11.7. The van der Waals surface area contributed by atoms with Gasteiger partial charge in [-0.1, -0.05) is 0 Å². The van der Waals surface area contributed by atoms with Crippen molar-refractivity contribution in [3.63, 3.8) is 0 Å². The van der Waals surface area contributed by atoms with E-state index in [1.54, 1.807) is 24.3 Å². The molecule has 0 unspecified atom stereocenters. The summed E-state index contributed by atoms with van der Waals surface area (Å²) in [6.45, 7) is 0.106. The van der Waals surface area contributed by atoms with Crippen LogP contribution in [0, 0.1) is 0 Å². The first kappa shape index (κ1) is 15.9. The summed E-state index contributed by atoms with van der Waals surface area (Å²) >= 11 is 1.88. The fourth-order valence-electron chi connectivity index (χ4n) is 2.23. The van der Waals surface area contributed by atoms with E-state index in [0.717, 1.165) is 17.9 Å². The number of hydrogen-bond acceptors (Lipinski definition) is 6. The van der Waals surface area contributed by atoms with E-state index in [4.69, 9.17) is 14.3 Å². The lowest BCUT2D eigenvalue weighted by Crippen LogP contribution is -2.22. The molecule has 0 radical (unpaired) electrons. The van der Waals surface area contributed by atoms with Crippen LogP contribution in [0.3, 0.4) is 0 Å². The van der Waals surface area contributed by atoms with Gasteiger partial charge in [-0.25, -0.2) is 4.98 Å². The molecule has 1 aliphatic rings. The third-order valence-corrected chi connectivity index (χ3v) is 4.60. The Morgan fingerprint density at radius 1 is 1.39 bits per heavy atom. The summed E-state index contributed by atoms with van der Waals surface area (Å²) in [5.74, 6) is 3.49. The van der Waals surface area contributed by atoms with Gasteiger partial charge in [0.15, 0.2) is 0 Å². The first-order chi connectivity index (χ1) is 11.2. The van der Waals surface area contributed by atoms with E-state index < -0.39 is 0 Å². The second-order valence-corrected chi connectivity index (χ2v) is 6.35. The fourth-order valence-corrected chi connectivity index (χ4v) is 3.33. The van der Waals surface area contributed by atoms with Crippen molar-refractivity contribution in [3.05, 3.63) is 47.5 Å². The molecule has 0 saturated carbocycles. The predicted molar refractivity (Wildman–Crippen MR) is 86.4 cm³/mol. The number of aliphatic hydroxyl groups excluding tert-OH is 1. The van der Waals surface area contributed by atoms with E-state index in [2.05, 4.69) is 10.3 Å². The van der Waals surface area contributed by atoms with Crippen molar-refractivity contribution in [2.75, 3.05) is 11.5 Å². The summed E-state index contributed by atoms with van der Waals surface area (Å²) in [4.78, 5) is 16.3. The number of hydrogen-bond donors (Lipinski definition) is 2. The molecule has 1 fully saturated rings. The molecule has 3 heterocycles. The molecule has 1 atom stereocenters.